The topological polar surface area (TPSA) is 77.2 Å². The molecular formula is C34H40N6O. The highest BCUT2D eigenvalue weighted by atomic mass is 16.2. The third kappa shape index (κ3) is 5.06. The number of rotatable bonds is 4. The molecule has 2 aliphatic heterocycles. The minimum absolute atomic E-state index is 0.126. The summed E-state index contributed by atoms with van der Waals surface area (Å²) in [5.74, 6) is 0.126. The fourth-order valence-electron chi connectivity index (χ4n) is 7.29. The van der Waals surface area contributed by atoms with Crippen molar-refractivity contribution < 1.29 is 4.79 Å². The third-order valence-electron chi connectivity index (χ3n) is 9.54. The lowest BCUT2D eigenvalue weighted by atomic mass is 9.95. The zero-order valence-corrected chi connectivity index (χ0v) is 24.3. The molecule has 7 rings (SSSR count). The van der Waals surface area contributed by atoms with Crippen LogP contribution in [0.5, 0.6) is 0 Å². The first kappa shape index (κ1) is 26.4. The summed E-state index contributed by atoms with van der Waals surface area (Å²) >= 11 is 0. The summed E-state index contributed by atoms with van der Waals surface area (Å²) in [5, 5.41) is 12.1. The summed E-state index contributed by atoms with van der Waals surface area (Å²) in [6.45, 7) is 9.83. The predicted octanol–water partition coefficient (Wildman–Crippen LogP) is 5.30. The van der Waals surface area contributed by atoms with Crippen molar-refractivity contribution in [1.29, 1.82) is 0 Å². The standard InChI is InChI=1S/C34H40N6O/c1-22-17-27(18-23(2)31(22)34(41)40-15-11-35-12-16-40)32-30-20-28(21-36-33(30)38-37-32)26-6-5-24-7-9-29(10-8-25(24)19-26)39-13-3-4-14-39/h5-6,17-21,29,35H,3-4,7-16H2,1-2H3,(H,36,37,38)/t29-/m0/s1. The molecule has 4 aromatic rings. The van der Waals surface area contributed by atoms with E-state index in [0.717, 1.165) is 77.5 Å². The number of fused-ring (bicyclic) bond motifs is 2. The number of carbonyl (C=O) groups is 1. The molecule has 1 atom stereocenters. The van der Waals surface area contributed by atoms with Gasteiger partial charge in [-0.1, -0.05) is 18.2 Å². The van der Waals surface area contributed by atoms with Crippen LogP contribution in [0.15, 0.2) is 42.6 Å². The van der Waals surface area contributed by atoms with Crippen molar-refractivity contribution in [2.24, 2.45) is 0 Å². The molecule has 0 radical (unpaired) electrons. The number of aromatic nitrogens is 3. The lowest BCUT2D eigenvalue weighted by Gasteiger charge is -2.28. The summed E-state index contributed by atoms with van der Waals surface area (Å²) in [6, 6.07) is 14.2. The van der Waals surface area contributed by atoms with E-state index in [1.807, 2.05) is 24.9 Å². The summed E-state index contributed by atoms with van der Waals surface area (Å²) in [4.78, 5) is 22.7. The molecule has 41 heavy (non-hydrogen) atoms. The van der Waals surface area contributed by atoms with Gasteiger partial charge in [0.25, 0.3) is 5.91 Å². The van der Waals surface area contributed by atoms with E-state index in [0.29, 0.717) is 5.65 Å². The van der Waals surface area contributed by atoms with E-state index < -0.39 is 0 Å². The molecular weight excluding hydrogens is 508 g/mol. The Morgan fingerprint density at radius 3 is 2.34 bits per heavy atom. The number of hydrogen-bond donors (Lipinski definition) is 2. The number of benzene rings is 2. The molecule has 4 heterocycles. The molecule has 2 fully saturated rings. The van der Waals surface area contributed by atoms with Gasteiger partial charge < -0.3 is 15.1 Å². The summed E-state index contributed by atoms with van der Waals surface area (Å²) < 4.78 is 0. The normalized spacial score (nSPS) is 19.9. The van der Waals surface area contributed by atoms with E-state index in [2.05, 4.69) is 56.8 Å². The fraction of sp³-hybridized carbons (Fsp3) is 0.441. The van der Waals surface area contributed by atoms with Crippen molar-refractivity contribution in [3.8, 4) is 22.4 Å². The fourth-order valence-corrected chi connectivity index (χ4v) is 7.29. The number of aromatic amines is 1. The van der Waals surface area contributed by atoms with Crippen LogP contribution < -0.4 is 5.32 Å². The molecule has 1 aliphatic carbocycles. The minimum Gasteiger partial charge on any atom is -0.336 e. The van der Waals surface area contributed by atoms with Gasteiger partial charge >= 0.3 is 0 Å². The average Bonchev–Trinajstić information content (AvgIpc) is 3.63. The molecule has 1 amide bonds. The van der Waals surface area contributed by atoms with Crippen molar-refractivity contribution in [2.45, 2.75) is 58.4 Å². The van der Waals surface area contributed by atoms with Gasteiger partial charge in [0.05, 0.1) is 5.69 Å². The van der Waals surface area contributed by atoms with Gasteiger partial charge in [-0.2, -0.15) is 5.10 Å². The second kappa shape index (κ2) is 11.0. The molecule has 2 aromatic heterocycles. The van der Waals surface area contributed by atoms with Gasteiger partial charge in [0, 0.05) is 60.5 Å². The van der Waals surface area contributed by atoms with Crippen molar-refractivity contribution in [3.63, 3.8) is 0 Å². The van der Waals surface area contributed by atoms with Gasteiger partial charge in [0.1, 0.15) is 0 Å². The highest BCUT2D eigenvalue weighted by Gasteiger charge is 2.25. The molecule has 3 aliphatic rings. The number of aryl methyl sites for hydroxylation is 4. The van der Waals surface area contributed by atoms with Crippen molar-refractivity contribution in [1.82, 2.24) is 30.3 Å². The number of carbonyl (C=O) groups excluding carboxylic acids is 1. The maximum atomic E-state index is 13.3. The van der Waals surface area contributed by atoms with Crippen LogP contribution in [0.1, 0.15) is 58.3 Å². The molecule has 7 heteroatoms. The molecule has 0 spiro atoms. The Morgan fingerprint density at radius 2 is 1.59 bits per heavy atom. The number of amides is 1. The van der Waals surface area contributed by atoms with Crippen LogP contribution in [0.2, 0.25) is 0 Å². The van der Waals surface area contributed by atoms with Gasteiger partial charge in [-0.3, -0.25) is 9.89 Å². The Hall–Kier alpha value is -3.55. The van der Waals surface area contributed by atoms with Crippen LogP contribution in [0.4, 0.5) is 0 Å². The van der Waals surface area contributed by atoms with Crippen LogP contribution in [-0.2, 0) is 12.8 Å². The quantitative estimate of drug-likeness (QED) is 0.339. The largest absolute Gasteiger partial charge is 0.336 e. The molecule has 2 N–H and O–H groups in total. The SMILES string of the molecule is Cc1cc(-c2[nH]nc3ncc(-c4ccc5c(c4)CC[C@@H](N4CCCC4)CC5)cc23)cc(C)c1C(=O)N1CCNCC1. The molecule has 2 saturated heterocycles. The minimum atomic E-state index is 0.126. The van der Waals surface area contributed by atoms with Gasteiger partial charge in [0.2, 0.25) is 0 Å². The summed E-state index contributed by atoms with van der Waals surface area (Å²) in [6.07, 6.45) is 9.51. The predicted molar refractivity (Wildman–Crippen MR) is 164 cm³/mol. The van der Waals surface area contributed by atoms with Crippen molar-refractivity contribution in [2.75, 3.05) is 39.3 Å². The Labute approximate surface area is 242 Å². The van der Waals surface area contributed by atoms with E-state index in [9.17, 15) is 4.79 Å². The Bertz CT molecular complexity index is 1570. The monoisotopic (exact) mass is 548 g/mol. The zero-order valence-electron chi connectivity index (χ0n) is 24.3. The van der Waals surface area contributed by atoms with E-state index >= 15 is 0 Å². The first-order valence-corrected chi connectivity index (χ1v) is 15.4. The van der Waals surface area contributed by atoms with E-state index in [1.54, 1.807) is 0 Å². The van der Waals surface area contributed by atoms with Crippen LogP contribution in [0, 0.1) is 13.8 Å². The summed E-state index contributed by atoms with van der Waals surface area (Å²) in [5.41, 5.74) is 10.8. The highest BCUT2D eigenvalue weighted by molar-refractivity contribution is 5.99. The lowest BCUT2D eigenvalue weighted by Crippen LogP contribution is -2.46. The number of nitrogens with zero attached hydrogens (tertiary/aromatic N) is 4. The van der Waals surface area contributed by atoms with Crippen molar-refractivity contribution >= 4 is 16.9 Å². The number of hydrogen-bond acceptors (Lipinski definition) is 5. The van der Waals surface area contributed by atoms with Crippen molar-refractivity contribution in [3.05, 3.63) is 70.4 Å². The van der Waals surface area contributed by atoms with E-state index in [-0.39, 0.29) is 5.91 Å². The first-order chi connectivity index (χ1) is 20.0. The van der Waals surface area contributed by atoms with Gasteiger partial charge in [-0.25, -0.2) is 4.98 Å². The maximum absolute atomic E-state index is 13.3. The number of piperazine rings is 1. The molecule has 0 bridgehead atoms. The Kier molecular flexibility index (Phi) is 7.09. The highest BCUT2D eigenvalue weighted by Crippen LogP contribution is 2.34. The van der Waals surface area contributed by atoms with Crippen LogP contribution in [0.3, 0.4) is 0 Å². The van der Waals surface area contributed by atoms with Gasteiger partial charge in [-0.05, 0) is 111 Å². The third-order valence-corrected chi connectivity index (χ3v) is 9.54. The van der Waals surface area contributed by atoms with E-state index in [1.165, 1.54) is 61.9 Å². The number of likely N-dealkylation sites (tertiary alicyclic amines) is 1. The summed E-state index contributed by atoms with van der Waals surface area (Å²) in [7, 11) is 0. The number of pyridine rings is 1. The van der Waals surface area contributed by atoms with E-state index in [4.69, 9.17) is 4.98 Å². The molecule has 2 aromatic carbocycles. The maximum Gasteiger partial charge on any atom is 0.254 e. The Balaban J connectivity index is 1.17. The second-order valence-electron chi connectivity index (χ2n) is 12.2. The molecule has 0 unspecified atom stereocenters. The van der Waals surface area contributed by atoms with Crippen LogP contribution in [-0.4, -0.2) is 76.2 Å². The Morgan fingerprint density at radius 1 is 0.854 bits per heavy atom. The molecule has 7 nitrogen and oxygen atoms in total. The lowest BCUT2D eigenvalue weighted by molar-refractivity contribution is 0.0734. The van der Waals surface area contributed by atoms with Crippen LogP contribution >= 0.6 is 0 Å². The zero-order chi connectivity index (χ0) is 27.9. The molecule has 212 valence electrons. The average molecular weight is 549 g/mol. The second-order valence-corrected chi connectivity index (χ2v) is 12.2. The first-order valence-electron chi connectivity index (χ1n) is 15.4. The number of nitrogens with one attached hydrogen (secondary N) is 2. The van der Waals surface area contributed by atoms with Gasteiger partial charge in [-0.15, -0.1) is 0 Å². The number of H-pyrrole nitrogens is 1. The molecule has 0 saturated carbocycles. The smallest absolute Gasteiger partial charge is 0.254 e. The van der Waals surface area contributed by atoms with Gasteiger partial charge in [0.15, 0.2) is 5.65 Å². The van der Waals surface area contributed by atoms with Crippen LogP contribution in [0.25, 0.3) is 33.4 Å².